The van der Waals surface area contributed by atoms with Crippen LogP contribution in [-0.2, 0) is 21.2 Å². The molecular formula is C17H25N5O4S. The molecule has 0 bridgehead atoms. The normalized spacial score (nSPS) is 18.9. The van der Waals surface area contributed by atoms with E-state index in [2.05, 4.69) is 15.6 Å². The van der Waals surface area contributed by atoms with E-state index in [9.17, 15) is 13.2 Å². The lowest BCUT2D eigenvalue weighted by atomic mass is 10.1. The molecule has 0 aromatic carbocycles. The molecule has 3 rings (SSSR count). The summed E-state index contributed by atoms with van der Waals surface area (Å²) in [6, 6.07) is 1.55. The number of rotatable bonds is 6. The highest BCUT2D eigenvalue weighted by Crippen LogP contribution is 2.27. The molecule has 0 saturated carbocycles. The number of sulfone groups is 1. The second-order valence-electron chi connectivity index (χ2n) is 7.19. The van der Waals surface area contributed by atoms with E-state index >= 15 is 0 Å². The van der Waals surface area contributed by atoms with Crippen LogP contribution in [0.15, 0.2) is 10.6 Å². The Morgan fingerprint density at radius 3 is 2.74 bits per heavy atom. The zero-order valence-electron chi connectivity index (χ0n) is 16.0. The molecule has 0 radical (unpaired) electrons. The fourth-order valence-electron chi connectivity index (χ4n) is 3.43. The van der Waals surface area contributed by atoms with E-state index in [1.807, 2.05) is 30.5 Å². The molecule has 1 amide bonds. The minimum atomic E-state index is -2.97. The van der Waals surface area contributed by atoms with Crippen LogP contribution in [0.4, 0.5) is 5.82 Å². The standard InChI is InChI=1S/C17H25N5O4S/c1-11-7-16(20-26-11)18-17(23)9-21(4)8-15-12(2)19-22(13(15)3)14-5-6-27(24,25)10-14/h7,14H,5-6,8-10H2,1-4H3,(H,18,20,23)/t14-/m1/s1. The van der Waals surface area contributed by atoms with Gasteiger partial charge in [0.05, 0.1) is 29.8 Å². The number of carbonyl (C=O) groups excluding carboxylic acids is 1. The minimum absolute atomic E-state index is 0.105. The van der Waals surface area contributed by atoms with Gasteiger partial charge < -0.3 is 9.84 Å². The molecule has 27 heavy (non-hydrogen) atoms. The highest BCUT2D eigenvalue weighted by molar-refractivity contribution is 7.91. The quantitative estimate of drug-likeness (QED) is 0.783. The van der Waals surface area contributed by atoms with Gasteiger partial charge in [-0.15, -0.1) is 0 Å². The Morgan fingerprint density at radius 2 is 2.15 bits per heavy atom. The second-order valence-corrected chi connectivity index (χ2v) is 9.42. The van der Waals surface area contributed by atoms with Crippen LogP contribution in [0.3, 0.4) is 0 Å². The predicted octanol–water partition coefficient (Wildman–Crippen LogP) is 1.23. The molecule has 0 unspecified atom stereocenters. The van der Waals surface area contributed by atoms with Crippen molar-refractivity contribution in [2.75, 3.05) is 30.4 Å². The Kier molecular flexibility index (Phi) is 5.38. The molecule has 1 saturated heterocycles. The van der Waals surface area contributed by atoms with E-state index in [1.165, 1.54) is 0 Å². The highest BCUT2D eigenvalue weighted by atomic mass is 32.2. The highest BCUT2D eigenvalue weighted by Gasteiger charge is 2.31. The van der Waals surface area contributed by atoms with Crippen molar-refractivity contribution in [2.45, 2.75) is 39.8 Å². The minimum Gasteiger partial charge on any atom is -0.360 e. The van der Waals surface area contributed by atoms with Crippen molar-refractivity contribution in [1.29, 1.82) is 0 Å². The maximum Gasteiger partial charge on any atom is 0.239 e. The number of anilines is 1. The first kappa shape index (κ1) is 19.6. The summed E-state index contributed by atoms with van der Waals surface area (Å²) < 4.78 is 30.3. The van der Waals surface area contributed by atoms with E-state index < -0.39 is 9.84 Å². The number of nitrogens with one attached hydrogen (secondary N) is 1. The SMILES string of the molecule is Cc1cc(NC(=O)CN(C)Cc2c(C)nn([C@@H]3CCS(=O)(=O)C3)c2C)no1. The number of carbonyl (C=O) groups is 1. The molecule has 2 aromatic heterocycles. The van der Waals surface area contributed by atoms with Gasteiger partial charge in [0.15, 0.2) is 15.7 Å². The number of aryl methyl sites for hydroxylation is 2. The summed E-state index contributed by atoms with van der Waals surface area (Å²) in [6.45, 7) is 6.35. The maximum atomic E-state index is 12.2. The first-order chi connectivity index (χ1) is 12.6. The number of aromatic nitrogens is 3. The fraction of sp³-hybridized carbons (Fsp3) is 0.588. The average Bonchev–Trinajstić information content (AvgIpc) is 3.20. The summed E-state index contributed by atoms with van der Waals surface area (Å²) in [5, 5.41) is 11.0. The third-order valence-corrected chi connectivity index (χ3v) is 6.52. The Morgan fingerprint density at radius 1 is 1.41 bits per heavy atom. The first-order valence-electron chi connectivity index (χ1n) is 8.81. The van der Waals surface area contributed by atoms with Gasteiger partial charge in [0.2, 0.25) is 5.91 Å². The van der Waals surface area contributed by atoms with Crippen LogP contribution in [0.25, 0.3) is 0 Å². The summed E-state index contributed by atoms with van der Waals surface area (Å²) in [5.74, 6) is 1.20. The molecule has 0 spiro atoms. The van der Waals surface area contributed by atoms with Crippen LogP contribution in [0.2, 0.25) is 0 Å². The number of hydrogen-bond acceptors (Lipinski definition) is 7. The van der Waals surface area contributed by atoms with Gasteiger partial charge in [-0.05, 0) is 34.2 Å². The smallest absolute Gasteiger partial charge is 0.239 e. The lowest BCUT2D eigenvalue weighted by Crippen LogP contribution is -2.30. The van der Waals surface area contributed by atoms with Crippen molar-refractivity contribution in [2.24, 2.45) is 0 Å². The van der Waals surface area contributed by atoms with E-state index in [1.54, 1.807) is 13.0 Å². The molecule has 1 fully saturated rings. The average molecular weight is 395 g/mol. The molecule has 1 aliphatic rings. The van der Waals surface area contributed by atoms with Gasteiger partial charge in [0.1, 0.15) is 5.76 Å². The zero-order chi connectivity index (χ0) is 19.8. The summed E-state index contributed by atoms with van der Waals surface area (Å²) in [7, 11) is -1.12. The summed E-state index contributed by atoms with van der Waals surface area (Å²) in [4.78, 5) is 14.0. The van der Waals surface area contributed by atoms with Gasteiger partial charge in [-0.3, -0.25) is 14.4 Å². The summed E-state index contributed by atoms with van der Waals surface area (Å²) in [5.41, 5.74) is 2.83. The van der Waals surface area contributed by atoms with Crippen molar-refractivity contribution in [1.82, 2.24) is 19.8 Å². The molecule has 0 aliphatic carbocycles. The largest absolute Gasteiger partial charge is 0.360 e. The Labute approximate surface area is 158 Å². The number of hydrogen-bond donors (Lipinski definition) is 1. The van der Waals surface area contributed by atoms with Crippen LogP contribution >= 0.6 is 0 Å². The number of likely N-dealkylation sites (N-methyl/N-ethyl adjacent to an activating group) is 1. The van der Waals surface area contributed by atoms with Crippen LogP contribution in [-0.4, -0.2) is 59.3 Å². The Hall–Kier alpha value is -2.20. The van der Waals surface area contributed by atoms with Crippen molar-refractivity contribution in [3.05, 3.63) is 28.8 Å². The molecule has 1 aliphatic heterocycles. The lowest BCUT2D eigenvalue weighted by molar-refractivity contribution is -0.117. The predicted molar refractivity (Wildman–Crippen MR) is 100 cm³/mol. The monoisotopic (exact) mass is 395 g/mol. The van der Waals surface area contributed by atoms with Crippen molar-refractivity contribution in [3.8, 4) is 0 Å². The Balaban J connectivity index is 1.64. The van der Waals surface area contributed by atoms with E-state index in [-0.39, 0.29) is 30.0 Å². The Bertz CT molecular complexity index is 947. The van der Waals surface area contributed by atoms with Crippen molar-refractivity contribution < 1.29 is 17.7 Å². The number of nitrogens with zero attached hydrogens (tertiary/aromatic N) is 4. The molecule has 1 atom stereocenters. The third-order valence-electron chi connectivity index (χ3n) is 4.77. The van der Waals surface area contributed by atoms with Crippen LogP contribution in [0.5, 0.6) is 0 Å². The van der Waals surface area contributed by atoms with Crippen LogP contribution < -0.4 is 5.32 Å². The fourth-order valence-corrected chi connectivity index (χ4v) is 5.12. The van der Waals surface area contributed by atoms with Crippen LogP contribution in [0, 0.1) is 20.8 Å². The summed E-state index contributed by atoms with van der Waals surface area (Å²) >= 11 is 0. The lowest BCUT2D eigenvalue weighted by Gasteiger charge is -2.17. The van der Waals surface area contributed by atoms with Gasteiger partial charge in [-0.25, -0.2) is 8.42 Å². The van der Waals surface area contributed by atoms with Gasteiger partial charge >= 0.3 is 0 Å². The zero-order valence-corrected chi connectivity index (χ0v) is 16.8. The van der Waals surface area contributed by atoms with Gasteiger partial charge in [0, 0.05) is 23.9 Å². The topological polar surface area (TPSA) is 110 Å². The molecule has 2 aromatic rings. The van der Waals surface area contributed by atoms with Crippen molar-refractivity contribution in [3.63, 3.8) is 0 Å². The molecular weight excluding hydrogens is 370 g/mol. The van der Waals surface area contributed by atoms with E-state index in [0.717, 1.165) is 17.0 Å². The van der Waals surface area contributed by atoms with Crippen LogP contribution in [0.1, 0.15) is 35.2 Å². The van der Waals surface area contributed by atoms with E-state index in [0.29, 0.717) is 24.5 Å². The van der Waals surface area contributed by atoms with Gasteiger partial charge in [-0.1, -0.05) is 5.16 Å². The molecule has 1 N–H and O–H groups in total. The van der Waals surface area contributed by atoms with E-state index in [4.69, 9.17) is 4.52 Å². The maximum absolute atomic E-state index is 12.2. The second kappa shape index (κ2) is 7.43. The van der Waals surface area contributed by atoms with Crippen molar-refractivity contribution >= 4 is 21.6 Å². The molecule has 9 nitrogen and oxygen atoms in total. The first-order valence-corrected chi connectivity index (χ1v) is 10.6. The molecule has 10 heteroatoms. The third kappa shape index (κ3) is 4.56. The molecule has 3 heterocycles. The number of amides is 1. The molecule has 148 valence electrons. The van der Waals surface area contributed by atoms with Gasteiger partial charge in [0.25, 0.3) is 0 Å². The summed E-state index contributed by atoms with van der Waals surface area (Å²) in [6.07, 6.45) is 0.596. The van der Waals surface area contributed by atoms with Gasteiger partial charge in [-0.2, -0.15) is 5.10 Å².